The second-order valence-corrected chi connectivity index (χ2v) is 8.05. The SMILES string of the molecule is COc1cccc(C(=O)NCc2nc3ccccc3n2CCCOc2ccc(C)cc2C)c1. The number of nitrogens with zero attached hydrogens (tertiary/aromatic N) is 2. The Balaban J connectivity index is 1.43. The van der Waals surface area contributed by atoms with Gasteiger partial charge in [0.15, 0.2) is 0 Å². The van der Waals surface area contributed by atoms with Crippen molar-refractivity contribution in [2.45, 2.75) is 33.4 Å². The van der Waals surface area contributed by atoms with Crippen molar-refractivity contribution in [3.05, 3.63) is 89.2 Å². The Kier molecular flexibility index (Phi) is 6.93. The number of carbonyl (C=O) groups is 1. The van der Waals surface area contributed by atoms with Crippen molar-refractivity contribution in [2.24, 2.45) is 0 Å². The molecule has 0 bridgehead atoms. The van der Waals surface area contributed by atoms with Crippen molar-refractivity contribution in [2.75, 3.05) is 13.7 Å². The molecule has 0 fully saturated rings. The molecule has 1 N–H and O–H groups in total. The van der Waals surface area contributed by atoms with Crippen molar-refractivity contribution >= 4 is 16.9 Å². The Morgan fingerprint density at radius 1 is 1.03 bits per heavy atom. The van der Waals surface area contributed by atoms with Gasteiger partial charge in [-0.05, 0) is 62.2 Å². The summed E-state index contributed by atoms with van der Waals surface area (Å²) < 4.78 is 13.4. The van der Waals surface area contributed by atoms with Gasteiger partial charge >= 0.3 is 0 Å². The number of hydrogen-bond acceptors (Lipinski definition) is 4. The van der Waals surface area contributed by atoms with Crippen LogP contribution in [0.2, 0.25) is 0 Å². The van der Waals surface area contributed by atoms with Crippen molar-refractivity contribution in [3.8, 4) is 11.5 Å². The van der Waals surface area contributed by atoms with Gasteiger partial charge in [0.05, 0.1) is 31.3 Å². The molecule has 1 aromatic heterocycles. The van der Waals surface area contributed by atoms with Crippen LogP contribution < -0.4 is 14.8 Å². The van der Waals surface area contributed by atoms with Crippen LogP contribution >= 0.6 is 0 Å². The average molecular weight is 444 g/mol. The van der Waals surface area contributed by atoms with Crippen LogP contribution in [0.3, 0.4) is 0 Å². The van der Waals surface area contributed by atoms with Crippen LogP contribution in [-0.4, -0.2) is 29.2 Å². The number of methoxy groups -OCH3 is 1. The van der Waals surface area contributed by atoms with E-state index in [1.807, 2.05) is 30.3 Å². The van der Waals surface area contributed by atoms with Gasteiger partial charge in [-0.2, -0.15) is 0 Å². The van der Waals surface area contributed by atoms with Crippen LogP contribution in [0.25, 0.3) is 11.0 Å². The van der Waals surface area contributed by atoms with E-state index in [2.05, 4.69) is 41.9 Å². The maximum Gasteiger partial charge on any atom is 0.251 e. The van der Waals surface area contributed by atoms with E-state index in [4.69, 9.17) is 14.5 Å². The second kappa shape index (κ2) is 10.2. The molecule has 4 aromatic rings. The van der Waals surface area contributed by atoms with E-state index in [-0.39, 0.29) is 5.91 Å². The molecule has 0 saturated carbocycles. The summed E-state index contributed by atoms with van der Waals surface area (Å²) >= 11 is 0. The van der Waals surface area contributed by atoms with Gasteiger partial charge in [0, 0.05) is 12.1 Å². The quantitative estimate of drug-likeness (QED) is 0.367. The Labute approximate surface area is 194 Å². The minimum absolute atomic E-state index is 0.161. The number of imidazole rings is 1. The summed E-state index contributed by atoms with van der Waals surface area (Å²) in [7, 11) is 1.59. The van der Waals surface area contributed by atoms with Crippen molar-refractivity contribution < 1.29 is 14.3 Å². The molecule has 33 heavy (non-hydrogen) atoms. The molecule has 6 heteroatoms. The lowest BCUT2D eigenvalue weighted by Crippen LogP contribution is -2.25. The topological polar surface area (TPSA) is 65.4 Å². The molecule has 6 nitrogen and oxygen atoms in total. The molecular formula is C27H29N3O3. The van der Waals surface area contributed by atoms with Crippen LogP contribution in [0.15, 0.2) is 66.7 Å². The number of fused-ring (bicyclic) bond motifs is 1. The Morgan fingerprint density at radius 3 is 2.70 bits per heavy atom. The molecule has 1 amide bonds. The van der Waals surface area contributed by atoms with E-state index >= 15 is 0 Å². The number of amides is 1. The molecule has 1 heterocycles. The fourth-order valence-corrected chi connectivity index (χ4v) is 3.90. The maximum absolute atomic E-state index is 12.7. The number of carbonyl (C=O) groups excluding carboxylic acids is 1. The third-order valence-electron chi connectivity index (χ3n) is 5.59. The van der Waals surface area contributed by atoms with Crippen molar-refractivity contribution in [3.63, 3.8) is 0 Å². The second-order valence-electron chi connectivity index (χ2n) is 8.05. The Bertz CT molecular complexity index is 1260. The number of hydrogen-bond donors (Lipinski definition) is 1. The first-order valence-corrected chi connectivity index (χ1v) is 11.1. The molecule has 0 aliphatic carbocycles. The number of benzene rings is 3. The molecule has 0 radical (unpaired) electrons. The van der Waals surface area contributed by atoms with Gasteiger partial charge in [0.2, 0.25) is 0 Å². The molecule has 0 unspecified atom stereocenters. The largest absolute Gasteiger partial charge is 0.497 e. The summed E-state index contributed by atoms with van der Waals surface area (Å²) in [5.74, 6) is 2.23. The third-order valence-corrected chi connectivity index (χ3v) is 5.59. The predicted molar refractivity (Wildman–Crippen MR) is 130 cm³/mol. The zero-order valence-corrected chi connectivity index (χ0v) is 19.3. The molecule has 4 rings (SSSR count). The normalized spacial score (nSPS) is 10.9. The molecule has 0 atom stereocenters. The molecule has 0 aliphatic rings. The lowest BCUT2D eigenvalue weighted by Gasteiger charge is -2.12. The highest BCUT2D eigenvalue weighted by Crippen LogP contribution is 2.20. The lowest BCUT2D eigenvalue weighted by molar-refractivity contribution is 0.0949. The average Bonchev–Trinajstić information content (AvgIpc) is 3.18. The number of para-hydroxylation sites is 2. The first-order valence-electron chi connectivity index (χ1n) is 11.1. The third kappa shape index (κ3) is 5.34. The Hall–Kier alpha value is -3.80. The minimum Gasteiger partial charge on any atom is -0.497 e. The molecule has 0 aliphatic heterocycles. The van der Waals surface area contributed by atoms with Crippen LogP contribution in [0.4, 0.5) is 0 Å². The molecule has 0 saturated heterocycles. The van der Waals surface area contributed by atoms with Gasteiger partial charge in [0.1, 0.15) is 17.3 Å². The lowest BCUT2D eigenvalue weighted by atomic mass is 10.1. The van der Waals surface area contributed by atoms with E-state index in [9.17, 15) is 4.79 Å². The smallest absolute Gasteiger partial charge is 0.251 e. The summed E-state index contributed by atoms with van der Waals surface area (Å²) in [6.07, 6.45) is 0.824. The van der Waals surface area contributed by atoms with Gasteiger partial charge in [-0.15, -0.1) is 0 Å². The number of nitrogens with one attached hydrogen (secondary N) is 1. The number of aromatic nitrogens is 2. The Morgan fingerprint density at radius 2 is 1.88 bits per heavy atom. The standard InChI is InChI=1S/C27H29N3O3/c1-19-12-13-25(20(2)16-19)33-15-7-14-30-24-11-5-4-10-23(24)29-26(30)18-28-27(31)21-8-6-9-22(17-21)32-3/h4-6,8-13,16-17H,7,14-15,18H2,1-3H3,(H,28,31). The molecule has 170 valence electrons. The van der Waals surface area contributed by atoms with Gasteiger partial charge < -0.3 is 19.4 Å². The molecule has 3 aromatic carbocycles. The fraction of sp³-hybridized carbons (Fsp3) is 0.259. The highest BCUT2D eigenvalue weighted by atomic mass is 16.5. The van der Waals surface area contributed by atoms with Gasteiger partial charge in [-0.3, -0.25) is 4.79 Å². The summed E-state index contributed by atoms with van der Waals surface area (Å²) in [4.78, 5) is 17.4. The van der Waals surface area contributed by atoms with E-state index < -0.39 is 0 Å². The van der Waals surface area contributed by atoms with Crippen LogP contribution in [0.5, 0.6) is 11.5 Å². The fourth-order valence-electron chi connectivity index (χ4n) is 3.90. The van der Waals surface area contributed by atoms with Crippen LogP contribution in [0.1, 0.15) is 33.7 Å². The summed E-state index contributed by atoms with van der Waals surface area (Å²) in [6.45, 7) is 5.83. The summed E-state index contributed by atoms with van der Waals surface area (Å²) in [5, 5.41) is 2.99. The minimum atomic E-state index is -0.161. The van der Waals surface area contributed by atoms with Gasteiger partial charge in [-0.1, -0.05) is 35.9 Å². The number of aryl methyl sites for hydroxylation is 3. The van der Waals surface area contributed by atoms with Gasteiger partial charge in [0.25, 0.3) is 5.91 Å². The van der Waals surface area contributed by atoms with E-state index in [0.29, 0.717) is 24.5 Å². The molecular weight excluding hydrogens is 414 g/mol. The first kappa shape index (κ1) is 22.4. The summed E-state index contributed by atoms with van der Waals surface area (Å²) in [6, 6.07) is 21.4. The number of rotatable bonds is 9. The van der Waals surface area contributed by atoms with Crippen molar-refractivity contribution in [1.29, 1.82) is 0 Å². The maximum atomic E-state index is 12.7. The highest BCUT2D eigenvalue weighted by molar-refractivity contribution is 5.94. The first-order chi connectivity index (χ1) is 16.0. The number of ether oxygens (including phenoxy) is 2. The van der Waals surface area contributed by atoms with Crippen molar-refractivity contribution in [1.82, 2.24) is 14.9 Å². The summed E-state index contributed by atoms with van der Waals surface area (Å²) in [5.41, 5.74) is 4.89. The van der Waals surface area contributed by atoms with Gasteiger partial charge in [-0.25, -0.2) is 4.98 Å². The predicted octanol–water partition coefficient (Wildman–Crippen LogP) is 5.06. The highest BCUT2D eigenvalue weighted by Gasteiger charge is 2.13. The zero-order valence-electron chi connectivity index (χ0n) is 19.3. The van der Waals surface area contributed by atoms with E-state index in [1.54, 1.807) is 25.3 Å². The van der Waals surface area contributed by atoms with Crippen LogP contribution in [-0.2, 0) is 13.1 Å². The van der Waals surface area contributed by atoms with E-state index in [1.165, 1.54) is 5.56 Å². The zero-order chi connectivity index (χ0) is 23.2. The molecule has 0 spiro atoms. The van der Waals surface area contributed by atoms with Crippen LogP contribution in [0, 0.1) is 13.8 Å². The monoisotopic (exact) mass is 443 g/mol. The van der Waals surface area contributed by atoms with E-state index in [0.717, 1.165) is 41.1 Å².